The molecule has 0 spiro atoms. The summed E-state index contributed by atoms with van der Waals surface area (Å²) in [6.07, 6.45) is 7.42. The number of nitrogens with zero attached hydrogens (tertiary/aromatic N) is 5. The van der Waals surface area contributed by atoms with Gasteiger partial charge in [-0.05, 0) is 43.9 Å². The van der Waals surface area contributed by atoms with E-state index in [0.717, 1.165) is 76.6 Å². The molecule has 1 saturated heterocycles. The predicted octanol–water partition coefficient (Wildman–Crippen LogP) is 2.51. The second-order valence-electron chi connectivity index (χ2n) is 9.31. The molecule has 0 unspecified atom stereocenters. The smallest absolute Gasteiger partial charge is 0.225 e. The third kappa shape index (κ3) is 3.21. The number of carbonyl (C=O) groups excluding carboxylic acids is 1. The van der Waals surface area contributed by atoms with Gasteiger partial charge >= 0.3 is 0 Å². The molecule has 2 saturated carbocycles. The average Bonchev–Trinajstić information content (AvgIpc) is 3.52. The number of imidazole rings is 1. The molecule has 0 atom stereocenters. The minimum absolute atomic E-state index is 0.332. The number of hydrogen-bond donors (Lipinski definition) is 0. The molecule has 0 N–H and O–H groups in total. The molecule has 6 nitrogen and oxygen atoms in total. The van der Waals surface area contributed by atoms with Crippen molar-refractivity contribution in [3.05, 3.63) is 24.0 Å². The van der Waals surface area contributed by atoms with E-state index < -0.39 is 0 Å². The fourth-order valence-electron chi connectivity index (χ4n) is 5.28. The van der Waals surface area contributed by atoms with Crippen molar-refractivity contribution >= 4 is 22.6 Å². The van der Waals surface area contributed by atoms with Gasteiger partial charge < -0.3 is 14.4 Å². The normalized spacial score (nSPS) is 23.7. The van der Waals surface area contributed by atoms with Crippen LogP contribution in [0.5, 0.6) is 0 Å². The molecule has 0 bridgehead atoms. The van der Waals surface area contributed by atoms with E-state index in [0.29, 0.717) is 11.8 Å². The molecule has 2 aliphatic carbocycles. The van der Waals surface area contributed by atoms with E-state index in [2.05, 4.69) is 37.5 Å². The first-order valence-electron chi connectivity index (χ1n) is 11.5. The molecular weight excluding hydrogens is 362 g/mol. The molecule has 6 rings (SSSR count). The number of hydrogen-bond acceptors (Lipinski definition) is 4. The molecule has 154 valence electrons. The van der Waals surface area contributed by atoms with Crippen LogP contribution in [0.3, 0.4) is 0 Å². The lowest BCUT2D eigenvalue weighted by Crippen LogP contribution is -2.49. The number of piperazine rings is 1. The minimum Gasteiger partial charge on any atom is -0.368 e. The Balaban J connectivity index is 1.16. The highest BCUT2D eigenvalue weighted by Gasteiger charge is 2.34. The summed E-state index contributed by atoms with van der Waals surface area (Å²) < 4.78 is 2.45. The highest BCUT2D eigenvalue weighted by atomic mass is 16.2. The first-order chi connectivity index (χ1) is 14.3. The number of carbonyl (C=O) groups is 1. The number of anilines is 1. The molecule has 2 aromatic rings. The third-order valence-electron chi connectivity index (χ3n) is 7.52. The van der Waals surface area contributed by atoms with Gasteiger partial charge in [-0.3, -0.25) is 9.69 Å². The Morgan fingerprint density at radius 2 is 1.76 bits per heavy atom. The van der Waals surface area contributed by atoms with Crippen molar-refractivity contribution < 1.29 is 4.79 Å². The largest absolute Gasteiger partial charge is 0.368 e. The van der Waals surface area contributed by atoms with Crippen LogP contribution in [-0.2, 0) is 17.8 Å². The van der Waals surface area contributed by atoms with Gasteiger partial charge in [-0.2, -0.15) is 0 Å². The van der Waals surface area contributed by atoms with Crippen molar-refractivity contribution in [3.8, 4) is 0 Å². The Morgan fingerprint density at radius 1 is 0.931 bits per heavy atom. The molecule has 0 radical (unpaired) electrons. The lowest BCUT2D eigenvalue weighted by atomic mass is 9.91. The van der Waals surface area contributed by atoms with Crippen LogP contribution in [0, 0.1) is 5.92 Å². The third-order valence-corrected chi connectivity index (χ3v) is 7.52. The monoisotopic (exact) mass is 393 g/mol. The first kappa shape index (κ1) is 17.8. The van der Waals surface area contributed by atoms with E-state index in [1.54, 1.807) is 0 Å². The molecule has 29 heavy (non-hydrogen) atoms. The Morgan fingerprint density at radius 3 is 2.48 bits per heavy atom. The van der Waals surface area contributed by atoms with Gasteiger partial charge in [0.2, 0.25) is 5.91 Å². The Labute approximate surface area is 172 Å². The lowest BCUT2D eigenvalue weighted by Gasteiger charge is -2.36. The summed E-state index contributed by atoms with van der Waals surface area (Å²) in [6, 6.07) is 7.61. The van der Waals surface area contributed by atoms with E-state index in [-0.39, 0.29) is 0 Å². The molecule has 3 fully saturated rings. The van der Waals surface area contributed by atoms with Gasteiger partial charge in [0.1, 0.15) is 5.82 Å². The molecule has 2 aliphatic heterocycles. The number of aromatic nitrogens is 2. The summed E-state index contributed by atoms with van der Waals surface area (Å²) in [5, 5.41) is 0. The summed E-state index contributed by atoms with van der Waals surface area (Å²) in [5.74, 6) is 1.96. The van der Waals surface area contributed by atoms with Crippen LogP contribution in [0.2, 0.25) is 0 Å². The van der Waals surface area contributed by atoms with E-state index in [1.807, 2.05) is 0 Å². The second-order valence-corrected chi connectivity index (χ2v) is 9.31. The SMILES string of the molecule is O=C(C1CC1)N1CCN(c2ccc3c(c2)nc2n3CCN(C3CCC3)CC2)CC1. The maximum Gasteiger partial charge on any atom is 0.225 e. The molecule has 6 heteroatoms. The quantitative estimate of drug-likeness (QED) is 0.804. The number of fused-ring (bicyclic) bond motifs is 3. The Kier molecular flexibility index (Phi) is 4.29. The van der Waals surface area contributed by atoms with Crippen LogP contribution in [0.15, 0.2) is 18.2 Å². The van der Waals surface area contributed by atoms with Crippen molar-refractivity contribution in [1.82, 2.24) is 19.4 Å². The number of benzene rings is 1. The van der Waals surface area contributed by atoms with Gasteiger partial charge in [0.25, 0.3) is 0 Å². The number of rotatable bonds is 3. The zero-order valence-corrected chi connectivity index (χ0v) is 17.2. The average molecular weight is 394 g/mol. The van der Waals surface area contributed by atoms with Gasteiger partial charge in [0.05, 0.1) is 11.0 Å². The van der Waals surface area contributed by atoms with Crippen LogP contribution in [0.25, 0.3) is 11.0 Å². The van der Waals surface area contributed by atoms with Crippen molar-refractivity contribution in [2.45, 2.75) is 51.1 Å². The van der Waals surface area contributed by atoms with E-state index in [4.69, 9.17) is 4.98 Å². The summed E-state index contributed by atoms with van der Waals surface area (Å²) in [4.78, 5) is 24.5. The number of amides is 1. The second kappa shape index (κ2) is 7.01. The minimum atomic E-state index is 0.332. The molecule has 3 heterocycles. The molecule has 1 aromatic heterocycles. The maximum atomic E-state index is 12.3. The van der Waals surface area contributed by atoms with Gasteiger partial charge in [-0.25, -0.2) is 4.98 Å². The van der Waals surface area contributed by atoms with Crippen LogP contribution in [0.4, 0.5) is 5.69 Å². The molecule has 4 aliphatic rings. The van der Waals surface area contributed by atoms with Crippen molar-refractivity contribution in [3.63, 3.8) is 0 Å². The lowest BCUT2D eigenvalue weighted by molar-refractivity contribution is -0.132. The van der Waals surface area contributed by atoms with Crippen LogP contribution < -0.4 is 4.90 Å². The zero-order chi connectivity index (χ0) is 19.4. The van der Waals surface area contributed by atoms with Crippen LogP contribution >= 0.6 is 0 Å². The molecule has 1 aromatic carbocycles. The van der Waals surface area contributed by atoms with E-state index in [1.165, 1.54) is 36.3 Å². The Hall–Kier alpha value is -2.08. The zero-order valence-electron chi connectivity index (χ0n) is 17.2. The highest BCUT2D eigenvalue weighted by Crippen LogP contribution is 2.32. The van der Waals surface area contributed by atoms with Crippen molar-refractivity contribution in [2.75, 3.05) is 44.2 Å². The van der Waals surface area contributed by atoms with Gasteiger partial charge in [0.15, 0.2) is 0 Å². The van der Waals surface area contributed by atoms with Gasteiger partial charge in [-0.15, -0.1) is 0 Å². The van der Waals surface area contributed by atoms with Crippen molar-refractivity contribution in [2.24, 2.45) is 5.92 Å². The Bertz CT molecular complexity index is 921. The van der Waals surface area contributed by atoms with E-state index >= 15 is 0 Å². The molecule has 1 amide bonds. The van der Waals surface area contributed by atoms with Crippen LogP contribution in [0.1, 0.15) is 37.9 Å². The summed E-state index contributed by atoms with van der Waals surface area (Å²) >= 11 is 0. The van der Waals surface area contributed by atoms with Crippen LogP contribution in [-0.4, -0.2) is 70.6 Å². The summed E-state index contributed by atoms with van der Waals surface area (Å²) in [6.45, 7) is 6.92. The predicted molar refractivity (Wildman–Crippen MR) is 114 cm³/mol. The fraction of sp³-hybridized carbons (Fsp3) is 0.652. The summed E-state index contributed by atoms with van der Waals surface area (Å²) in [5.41, 5.74) is 3.66. The standard InChI is InChI=1S/C23H31N5O/c29-23(17-4-5-17)27-12-10-26(11-13-27)19-6-7-21-20(16-19)24-22-8-9-25(14-15-28(21)22)18-2-1-3-18/h6-7,16-18H,1-5,8-15H2. The molecular formula is C23H31N5O. The maximum absolute atomic E-state index is 12.3. The first-order valence-corrected chi connectivity index (χ1v) is 11.5. The van der Waals surface area contributed by atoms with E-state index in [9.17, 15) is 4.79 Å². The van der Waals surface area contributed by atoms with Crippen molar-refractivity contribution in [1.29, 1.82) is 0 Å². The summed E-state index contributed by atoms with van der Waals surface area (Å²) in [7, 11) is 0. The van der Waals surface area contributed by atoms with Gasteiger partial charge in [0, 0.05) is 69.9 Å². The fourth-order valence-corrected chi connectivity index (χ4v) is 5.28. The topological polar surface area (TPSA) is 44.6 Å². The van der Waals surface area contributed by atoms with Gasteiger partial charge in [-0.1, -0.05) is 6.42 Å². The highest BCUT2D eigenvalue weighted by molar-refractivity contribution is 5.82.